The fraction of sp³-hybridized carbons (Fsp3) is 0.556. The monoisotopic (exact) mass is 332 g/mol. The number of aliphatic imine (C=N–C) groups is 1. The van der Waals surface area contributed by atoms with Crippen LogP contribution in [-0.4, -0.2) is 55.7 Å². The van der Waals surface area contributed by atoms with Gasteiger partial charge in [-0.1, -0.05) is 6.07 Å². The van der Waals surface area contributed by atoms with Gasteiger partial charge in [0, 0.05) is 31.9 Å². The first-order chi connectivity index (χ1) is 11.2. The van der Waals surface area contributed by atoms with Gasteiger partial charge in [-0.15, -0.1) is 0 Å². The van der Waals surface area contributed by atoms with Gasteiger partial charge < -0.3 is 14.5 Å². The Bertz CT molecular complexity index is 599. The van der Waals surface area contributed by atoms with Crippen LogP contribution in [0.2, 0.25) is 0 Å². The maximum atomic E-state index is 11.8. The molecule has 24 heavy (non-hydrogen) atoms. The van der Waals surface area contributed by atoms with Crippen LogP contribution >= 0.6 is 0 Å². The van der Waals surface area contributed by atoms with Crippen molar-refractivity contribution in [3.63, 3.8) is 0 Å². The Morgan fingerprint density at radius 3 is 2.50 bits per heavy atom. The first-order valence-corrected chi connectivity index (χ1v) is 8.32. The van der Waals surface area contributed by atoms with Crippen LogP contribution in [0, 0.1) is 0 Å². The van der Waals surface area contributed by atoms with Crippen LogP contribution in [-0.2, 0) is 4.74 Å². The van der Waals surface area contributed by atoms with E-state index in [4.69, 9.17) is 4.74 Å². The number of benzene rings is 1. The zero-order valence-corrected chi connectivity index (χ0v) is 15.3. The largest absolute Gasteiger partial charge is 0.444 e. The van der Waals surface area contributed by atoms with Crippen LogP contribution < -0.4 is 10.2 Å². The van der Waals surface area contributed by atoms with E-state index in [0.29, 0.717) is 5.84 Å². The van der Waals surface area contributed by atoms with Crippen molar-refractivity contribution in [2.45, 2.75) is 33.3 Å². The summed E-state index contributed by atoms with van der Waals surface area (Å²) in [5.41, 5.74) is 1.46. The quantitative estimate of drug-likeness (QED) is 0.668. The summed E-state index contributed by atoms with van der Waals surface area (Å²) in [6.45, 7) is 11.4. The second-order valence-corrected chi connectivity index (χ2v) is 7.13. The maximum absolute atomic E-state index is 11.8. The van der Waals surface area contributed by atoms with Crippen molar-refractivity contribution >= 4 is 23.3 Å². The highest BCUT2D eigenvalue weighted by Crippen LogP contribution is 2.22. The number of amides is 1. The summed E-state index contributed by atoms with van der Waals surface area (Å²) in [7, 11) is 2.14. The fourth-order valence-electron chi connectivity index (χ4n) is 2.50. The Balaban J connectivity index is 2.01. The molecule has 1 N–H and O–H groups in total. The van der Waals surface area contributed by atoms with Gasteiger partial charge in [-0.3, -0.25) is 5.32 Å². The molecule has 1 saturated heterocycles. The summed E-state index contributed by atoms with van der Waals surface area (Å²) in [6.07, 6.45) is -0.487. The maximum Gasteiger partial charge on any atom is 0.413 e. The lowest BCUT2D eigenvalue weighted by Crippen LogP contribution is -2.44. The standard InChI is InChI=1S/C18H28N4O2/c1-14(20-17(23)24-18(2,3)4)19-15-7-6-8-16(13-15)22-11-9-21(5)10-12-22/h6-8,13H,9-12H2,1-5H3,(H,19,20,23). The van der Waals surface area contributed by atoms with E-state index >= 15 is 0 Å². The predicted molar refractivity (Wildman–Crippen MR) is 98.3 cm³/mol. The van der Waals surface area contributed by atoms with Gasteiger partial charge in [0.2, 0.25) is 0 Å². The number of likely N-dealkylation sites (N-methyl/N-ethyl adjacent to an activating group) is 1. The number of nitrogens with zero attached hydrogens (tertiary/aromatic N) is 3. The molecular formula is C18H28N4O2. The lowest BCUT2D eigenvalue weighted by Gasteiger charge is -2.34. The third-order valence-electron chi connectivity index (χ3n) is 3.68. The van der Waals surface area contributed by atoms with Gasteiger partial charge in [-0.2, -0.15) is 0 Å². The molecule has 1 aromatic carbocycles. The Morgan fingerprint density at radius 2 is 1.88 bits per heavy atom. The average Bonchev–Trinajstić information content (AvgIpc) is 2.45. The molecule has 1 aromatic rings. The normalized spacial score (nSPS) is 16.9. The minimum absolute atomic E-state index is 0.487. The number of ether oxygens (including phenoxy) is 1. The van der Waals surface area contributed by atoms with Gasteiger partial charge in [-0.05, 0) is 52.9 Å². The Hall–Kier alpha value is -2.08. The zero-order valence-electron chi connectivity index (χ0n) is 15.3. The Morgan fingerprint density at radius 1 is 1.21 bits per heavy atom. The molecule has 0 atom stereocenters. The summed E-state index contributed by atoms with van der Waals surface area (Å²) in [4.78, 5) is 20.9. The van der Waals surface area contributed by atoms with E-state index in [-0.39, 0.29) is 0 Å². The molecule has 1 aliphatic rings. The van der Waals surface area contributed by atoms with Gasteiger partial charge in [0.25, 0.3) is 0 Å². The molecule has 0 radical (unpaired) electrons. The molecule has 0 unspecified atom stereocenters. The molecule has 0 aromatic heterocycles. The van der Waals surface area contributed by atoms with Crippen LogP contribution in [0.5, 0.6) is 0 Å². The van der Waals surface area contributed by atoms with E-state index in [0.717, 1.165) is 37.6 Å². The van der Waals surface area contributed by atoms with Crippen LogP contribution in [0.15, 0.2) is 29.3 Å². The van der Waals surface area contributed by atoms with E-state index in [2.05, 4.69) is 33.2 Å². The van der Waals surface area contributed by atoms with Gasteiger partial charge in [0.05, 0.1) is 5.69 Å². The molecule has 0 aliphatic carbocycles. The molecule has 0 saturated carbocycles. The van der Waals surface area contributed by atoms with Gasteiger partial charge in [0.1, 0.15) is 11.4 Å². The number of rotatable bonds is 2. The van der Waals surface area contributed by atoms with Gasteiger partial charge in [0.15, 0.2) is 0 Å². The number of piperazine rings is 1. The Labute approximate surface area is 144 Å². The van der Waals surface area contributed by atoms with Crippen molar-refractivity contribution in [2.24, 2.45) is 4.99 Å². The van der Waals surface area contributed by atoms with E-state index < -0.39 is 11.7 Å². The third-order valence-corrected chi connectivity index (χ3v) is 3.68. The predicted octanol–water partition coefficient (Wildman–Crippen LogP) is 3.01. The van der Waals surface area contributed by atoms with Crippen molar-refractivity contribution < 1.29 is 9.53 Å². The number of amidine groups is 1. The molecule has 1 heterocycles. The zero-order chi connectivity index (χ0) is 17.7. The van der Waals surface area contributed by atoms with Gasteiger partial charge in [-0.25, -0.2) is 9.79 Å². The molecular weight excluding hydrogens is 304 g/mol. The molecule has 6 heteroatoms. The summed E-state index contributed by atoms with van der Waals surface area (Å²) >= 11 is 0. The van der Waals surface area contributed by atoms with E-state index in [1.54, 1.807) is 6.92 Å². The minimum Gasteiger partial charge on any atom is -0.444 e. The van der Waals surface area contributed by atoms with Gasteiger partial charge >= 0.3 is 6.09 Å². The first kappa shape index (κ1) is 18.3. The molecule has 6 nitrogen and oxygen atoms in total. The molecule has 1 amide bonds. The van der Waals surface area contributed by atoms with Crippen molar-refractivity contribution in [1.82, 2.24) is 10.2 Å². The molecule has 2 rings (SSSR count). The van der Waals surface area contributed by atoms with Crippen molar-refractivity contribution in [3.05, 3.63) is 24.3 Å². The SMILES string of the molecule is CC(=Nc1cccc(N2CCN(C)CC2)c1)NC(=O)OC(C)(C)C. The van der Waals surface area contributed by atoms with E-state index in [1.165, 1.54) is 0 Å². The number of carbonyl (C=O) groups is 1. The number of hydrogen-bond donors (Lipinski definition) is 1. The molecule has 0 bridgehead atoms. The van der Waals surface area contributed by atoms with Crippen LogP contribution in [0.1, 0.15) is 27.7 Å². The van der Waals surface area contributed by atoms with Crippen molar-refractivity contribution in [2.75, 3.05) is 38.1 Å². The first-order valence-electron chi connectivity index (χ1n) is 8.32. The smallest absolute Gasteiger partial charge is 0.413 e. The second kappa shape index (κ2) is 7.66. The number of anilines is 1. The highest BCUT2D eigenvalue weighted by Gasteiger charge is 2.17. The third kappa shape index (κ3) is 5.85. The van der Waals surface area contributed by atoms with E-state index in [9.17, 15) is 4.79 Å². The number of alkyl carbamates (subject to hydrolysis) is 1. The number of hydrogen-bond acceptors (Lipinski definition) is 5. The highest BCUT2D eigenvalue weighted by atomic mass is 16.6. The fourth-order valence-corrected chi connectivity index (χ4v) is 2.50. The average molecular weight is 332 g/mol. The molecule has 132 valence electrons. The van der Waals surface area contributed by atoms with Crippen LogP contribution in [0.25, 0.3) is 0 Å². The highest BCUT2D eigenvalue weighted by molar-refractivity contribution is 5.95. The van der Waals surface area contributed by atoms with Crippen molar-refractivity contribution in [3.8, 4) is 0 Å². The molecule has 0 spiro atoms. The lowest BCUT2D eigenvalue weighted by atomic mass is 10.2. The summed E-state index contributed by atoms with van der Waals surface area (Å²) in [5.74, 6) is 0.514. The summed E-state index contributed by atoms with van der Waals surface area (Å²) in [6, 6.07) is 8.07. The summed E-state index contributed by atoms with van der Waals surface area (Å²) in [5, 5.41) is 2.66. The van der Waals surface area contributed by atoms with Crippen LogP contribution in [0.3, 0.4) is 0 Å². The van der Waals surface area contributed by atoms with E-state index in [1.807, 2.05) is 39.0 Å². The molecule has 1 fully saturated rings. The number of nitrogens with one attached hydrogen (secondary N) is 1. The summed E-state index contributed by atoms with van der Waals surface area (Å²) < 4.78 is 5.23. The topological polar surface area (TPSA) is 57.2 Å². The minimum atomic E-state index is -0.522. The van der Waals surface area contributed by atoms with Crippen molar-refractivity contribution in [1.29, 1.82) is 0 Å². The second-order valence-electron chi connectivity index (χ2n) is 7.13. The lowest BCUT2D eigenvalue weighted by molar-refractivity contribution is 0.0563. The molecule has 1 aliphatic heterocycles. The van der Waals surface area contributed by atoms with Crippen LogP contribution in [0.4, 0.5) is 16.2 Å². The Kier molecular flexibility index (Phi) is 5.83. The number of carbonyl (C=O) groups excluding carboxylic acids is 1.